The highest BCUT2D eigenvalue weighted by Crippen LogP contribution is 2.40. The number of hydrogen-bond acceptors (Lipinski definition) is 28. The second kappa shape index (κ2) is 40.9. The van der Waals surface area contributed by atoms with Crippen molar-refractivity contribution in [3.63, 3.8) is 0 Å². The third-order valence-corrected chi connectivity index (χ3v) is 22.9. The van der Waals surface area contributed by atoms with Gasteiger partial charge in [0.15, 0.2) is 30.9 Å². The number of aliphatic carboxylic acids is 1. The fourth-order valence-electron chi connectivity index (χ4n) is 13.9. The Morgan fingerprint density at radius 1 is 0.456 bits per heavy atom. The van der Waals surface area contributed by atoms with Crippen molar-refractivity contribution in [1.82, 2.24) is 88.6 Å². The molecule has 3 saturated carbocycles. The Balaban J connectivity index is 0.000000161. The zero-order chi connectivity index (χ0) is 88.8. The Morgan fingerprint density at radius 2 is 0.792 bits per heavy atom. The molecular weight excluding hydrogens is 1700 g/mol. The topological polar surface area (TPSA) is 432 Å². The zero-order valence-corrected chi connectivity index (χ0v) is 70.7. The molecule has 0 atom stereocenters. The van der Waals surface area contributed by atoms with Crippen molar-refractivity contribution in [3.05, 3.63) is 161 Å². The van der Waals surface area contributed by atoms with Crippen LogP contribution in [0.2, 0.25) is 0 Å². The third-order valence-electron chi connectivity index (χ3n) is 20.2. The fourth-order valence-corrected chi connectivity index (χ4v) is 16.3. The first-order chi connectivity index (χ1) is 60.0. The summed E-state index contributed by atoms with van der Waals surface area (Å²) in [4.78, 5) is 110. The average Bonchev–Trinajstić information content (AvgIpc) is 1.68. The minimum atomic E-state index is -1.14. The molecule has 0 saturated heterocycles. The Hall–Kier alpha value is -12.5. The molecule has 12 heterocycles. The summed E-state index contributed by atoms with van der Waals surface area (Å²) < 4.78 is 122. The maximum Gasteiger partial charge on any atom is 0.327 e. The number of carboxylic acids is 1. The van der Waals surface area contributed by atoms with Crippen molar-refractivity contribution in [2.75, 3.05) is 35.8 Å². The van der Waals surface area contributed by atoms with Crippen LogP contribution in [0.4, 0.5) is 43.4 Å². The maximum absolute atomic E-state index is 14.8. The van der Waals surface area contributed by atoms with E-state index in [1.165, 1.54) is 85.1 Å². The minimum absolute atomic E-state index is 0.00286. The van der Waals surface area contributed by atoms with Gasteiger partial charge in [-0.15, -0.1) is 34.0 Å². The van der Waals surface area contributed by atoms with E-state index < -0.39 is 76.5 Å². The predicted molar refractivity (Wildman–Crippen MR) is 442 cm³/mol. The SMILES string of the molecule is CCOC1CCC(n2cc(NC(=O)c3csc(-c4cnn(C(C)=O)c4)n3)c(-c3nc(F)ccc3F)n2)CC1.CCOC1CCC(n2cc(NC(=O)c3csc(-c4cnn(COC(=O)C(C)(C)N)c4)n3)c(-c3nc(F)ccc3F)n2)CC1.CCOC1CCC(n2cc(NC(=O)c3csc(-c4cnn(COC(=O)CCC(=O)O)c4)n3)c(-c3nc(F)ccc3F)n2)CC1. The summed E-state index contributed by atoms with van der Waals surface area (Å²) in [6, 6.07) is 5.65. The van der Waals surface area contributed by atoms with Crippen LogP contribution in [0, 0.1) is 35.3 Å². The Kier molecular flexibility index (Phi) is 29.5. The van der Waals surface area contributed by atoms with E-state index in [0.29, 0.717) is 51.5 Å². The monoisotopic (exact) mass is 1780 g/mol. The minimum Gasteiger partial charge on any atom is -0.481 e. The standard InChI is InChI=1S/C28H32F2N8O4S.C28H29F2N7O6S.C25H25F2N7O3S/c1-4-41-18-7-5-17(6-8-18)38-13-20(24(36-38)23-19(29)9-10-22(30)35-23)33-25(39)21-14-43-26(34-21)16-11-32-37(12-16)15-42-27(40)28(2,3)31;1-2-42-18-5-3-17(4-6-18)37-13-20(26(35-37)25-19(29)7-8-22(30)34-25)32-27(41)21-14-44-28(33-21)16-11-31-36(12-16)15-43-24(40)10-9-23(38)39;1-3-37-17-6-4-16(5-7-17)34-12-19(23(32-34)22-18(26)8-9-21(27)31-22)29-24(36)20-13-38-25(30-20)15-10-28-33(11-15)14(2)35/h9-14,17-18H,4-8,15,31H2,1-3H3,(H,33,39);7-8,11-14,17-18H,2-6,9-10,15H2,1H3,(H,32,41)(H,38,39);8-13,16-17H,3-7H2,1-2H3,(H,29,36). The zero-order valence-electron chi connectivity index (χ0n) is 68.3. The van der Waals surface area contributed by atoms with Gasteiger partial charge in [-0.2, -0.15) is 43.8 Å². The molecule has 0 spiro atoms. The highest BCUT2D eigenvalue weighted by atomic mass is 32.1. The van der Waals surface area contributed by atoms with E-state index in [9.17, 15) is 59.9 Å². The van der Waals surface area contributed by atoms with Gasteiger partial charge in [-0.25, -0.2) is 57.1 Å². The lowest BCUT2D eigenvalue weighted by molar-refractivity contribution is -0.153. The highest BCUT2D eigenvalue weighted by Gasteiger charge is 2.33. The largest absolute Gasteiger partial charge is 0.481 e. The van der Waals surface area contributed by atoms with Crippen molar-refractivity contribution in [3.8, 4) is 65.9 Å². The van der Waals surface area contributed by atoms with E-state index >= 15 is 0 Å². The normalized spacial score (nSPS) is 17.0. The molecule has 3 aliphatic rings. The number of carboxylic acid groups (broad SMARTS) is 1. The lowest BCUT2D eigenvalue weighted by Gasteiger charge is -2.28. The van der Waals surface area contributed by atoms with Crippen LogP contribution >= 0.6 is 34.0 Å². The van der Waals surface area contributed by atoms with Gasteiger partial charge >= 0.3 is 17.9 Å². The number of nitrogens with two attached hydrogens (primary N) is 1. The van der Waals surface area contributed by atoms with E-state index in [2.05, 4.69) is 76.4 Å². The van der Waals surface area contributed by atoms with Gasteiger partial charge in [-0.1, -0.05) is 0 Å². The lowest BCUT2D eigenvalue weighted by atomic mass is 9.93. The number of hydrogen-bond donors (Lipinski definition) is 5. The first-order valence-electron chi connectivity index (χ1n) is 39.9. The van der Waals surface area contributed by atoms with Crippen LogP contribution in [0.15, 0.2) is 108 Å². The van der Waals surface area contributed by atoms with Crippen LogP contribution in [-0.4, -0.2) is 179 Å². The average molecular weight is 1790 g/mol. The molecule has 0 unspecified atom stereocenters. The third kappa shape index (κ3) is 23.1. The Bertz CT molecular complexity index is 5830. The first kappa shape index (κ1) is 90.2. The van der Waals surface area contributed by atoms with E-state index in [1.54, 1.807) is 69.6 Å². The number of nitrogens with zero attached hydrogens (tertiary/aromatic N) is 18. The molecule has 3 fully saturated rings. The number of nitrogens with one attached hydrogen (secondary N) is 3. The quantitative estimate of drug-likeness (QED) is 0.0165. The molecule has 125 heavy (non-hydrogen) atoms. The van der Waals surface area contributed by atoms with Crippen molar-refractivity contribution in [1.29, 1.82) is 0 Å². The first-order valence-corrected chi connectivity index (χ1v) is 42.5. The van der Waals surface area contributed by atoms with E-state index in [0.717, 1.165) is 113 Å². The highest BCUT2D eigenvalue weighted by molar-refractivity contribution is 7.14. The van der Waals surface area contributed by atoms with Gasteiger partial charge in [0.1, 0.15) is 71.8 Å². The van der Waals surface area contributed by atoms with Crippen molar-refractivity contribution in [2.45, 2.75) is 187 Å². The van der Waals surface area contributed by atoms with Crippen LogP contribution in [0.3, 0.4) is 0 Å². The molecule has 658 valence electrons. The molecule has 44 heteroatoms. The number of amides is 3. The fraction of sp³-hybridized carbons (Fsp3) is 0.395. The number of anilines is 3. The number of aromatic nitrogens is 18. The van der Waals surface area contributed by atoms with Crippen molar-refractivity contribution in [2.24, 2.45) is 5.73 Å². The van der Waals surface area contributed by atoms with Gasteiger partial charge in [0.05, 0.1) is 84.9 Å². The number of ether oxygens (including phenoxy) is 5. The number of carbonyl (C=O) groups excluding carboxylic acids is 6. The summed E-state index contributed by atoms with van der Waals surface area (Å²) in [6.45, 7) is 11.9. The van der Waals surface area contributed by atoms with Crippen LogP contribution in [0.1, 0.15) is 186 Å². The van der Waals surface area contributed by atoms with E-state index in [1.807, 2.05) is 20.8 Å². The molecular formula is C81H86F6N22O13S3. The molecule has 6 N–H and O–H groups in total. The lowest BCUT2D eigenvalue weighted by Crippen LogP contribution is -2.43. The van der Waals surface area contributed by atoms with Gasteiger partial charge in [-0.3, -0.25) is 47.6 Å². The van der Waals surface area contributed by atoms with Gasteiger partial charge < -0.3 is 50.5 Å². The van der Waals surface area contributed by atoms with Gasteiger partial charge in [0, 0.05) is 96.8 Å². The van der Waals surface area contributed by atoms with Crippen LogP contribution < -0.4 is 21.7 Å². The number of esters is 2. The van der Waals surface area contributed by atoms with E-state index in [-0.39, 0.29) is 137 Å². The molecule has 12 aromatic rings. The van der Waals surface area contributed by atoms with Gasteiger partial charge in [0.25, 0.3) is 17.7 Å². The van der Waals surface area contributed by atoms with Crippen LogP contribution in [0.25, 0.3) is 65.9 Å². The molecule has 0 radical (unpaired) electrons. The molecule has 12 aromatic heterocycles. The predicted octanol–water partition coefficient (Wildman–Crippen LogP) is 14.2. The van der Waals surface area contributed by atoms with Crippen LogP contribution in [-0.2, 0) is 51.5 Å². The summed E-state index contributed by atoms with van der Waals surface area (Å²) in [5.74, 6) is -9.24. The summed E-state index contributed by atoms with van der Waals surface area (Å²) in [7, 11) is 0. The number of halogens is 6. The molecule has 3 amide bonds. The van der Waals surface area contributed by atoms with Gasteiger partial charge in [0.2, 0.25) is 23.8 Å². The van der Waals surface area contributed by atoms with Crippen molar-refractivity contribution < 1.29 is 88.7 Å². The second-order valence-corrected chi connectivity index (χ2v) is 32.3. The molecule has 3 aliphatic carbocycles. The van der Waals surface area contributed by atoms with Gasteiger partial charge in [-0.05, 0) is 148 Å². The molecule has 15 rings (SSSR count). The maximum atomic E-state index is 14.8. The summed E-state index contributed by atoms with van der Waals surface area (Å²) >= 11 is 3.60. The van der Waals surface area contributed by atoms with E-state index in [4.69, 9.17) is 34.5 Å². The number of rotatable bonds is 29. The number of pyridine rings is 3. The second-order valence-electron chi connectivity index (χ2n) is 29.7. The van der Waals surface area contributed by atoms with Crippen molar-refractivity contribution >= 4 is 92.6 Å². The summed E-state index contributed by atoms with van der Waals surface area (Å²) in [5, 5.41) is 48.9. The Labute approximate surface area is 721 Å². The summed E-state index contributed by atoms with van der Waals surface area (Å²) in [5.41, 5.74) is 6.30. The number of carbonyl (C=O) groups is 7. The molecule has 0 aliphatic heterocycles. The molecule has 35 nitrogen and oxygen atoms in total. The summed E-state index contributed by atoms with van der Waals surface area (Å²) in [6.07, 6.45) is 23.7. The Morgan fingerprint density at radius 3 is 1.11 bits per heavy atom. The number of thiazole rings is 3. The molecule has 0 bridgehead atoms. The molecule has 0 aromatic carbocycles. The van der Waals surface area contributed by atoms with Crippen LogP contribution in [0.5, 0.6) is 0 Å². The smallest absolute Gasteiger partial charge is 0.327 e.